The average Bonchev–Trinajstić information content (AvgIpc) is 2.77. The summed E-state index contributed by atoms with van der Waals surface area (Å²) >= 11 is 0.598. The van der Waals surface area contributed by atoms with E-state index < -0.39 is 40.0 Å². The van der Waals surface area contributed by atoms with Crippen molar-refractivity contribution in [1.82, 2.24) is 4.90 Å². The molecule has 10 heteroatoms. The molecular formula is C14H11N2O7S-. The van der Waals surface area contributed by atoms with Crippen LogP contribution in [0.3, 0.4) is 0 Å². The quantitative estimate of drug-likeness (QED) is 0.335. The number of nitro benzene ring substituents is 1. The molecule has 1 aliphatic rings. The molecular weight excluding hydrogens is 340 g/mol. The maximum atomic E-state index is 12.2. The summed E-state index contributed by atoms with van der Waals surface area (Å²) in [5, 5.41) is 21.5. The van der Waals surface area contributed by atoms with Gasteiger partial charge in [0.25, 0.3) is 16.8 Å². The molecule has 1 heterocycles. The zero-order valence-corrected chi connectivity index (χ0v) is 13.2. The summed E-state index contributed by atoms with van der Waals surface area (Å²) in [7, 11) is 0. The van der Waals surface area contributed by atoms with Gasteiger partial charge < -0.3 is 9.84 Å². The van der Waals surface area contributed by atoms with Crippen molar-refractivity contribution in [3.8, 4) is 5.75 Å². The average molecular weight is 351 g/mol. The van der Waals surface area contributed by atoms with Gasteiger partial charge in [-0.3, -0.25) is 29.4 Å². The van der Waals surface area contributed by atoms with Gasteiger partial charge in [-0.25, -0.2) is 0 Å². The number of hydrogen-bond acceptors (Lipinski definition) is 8. The fourth-order valence-electron chi connectivity index (χ4n) is 1.89. The molecule has 0 bridgehead atoms. The van der Waals surface area contributed by atoms with Crippen LogP contribution in [-0.2, 0) is 14.3 Å². The SMILES string of the molecule is CCOC(=O)CN1C(=O)S/C(=C\c2ccc([O-])c([N+](=O)[O-])c2)C1=O. The van der Waals surface area contributed by atoms with E-state index in [4.69, 9.17) is 0 Å². The van der Waals surface area contributed by atoms with Gasteiger partial charge in [0, 0.05) is 6.07 Å². The van der Waals surface area contributed by atoms with E-state index in [0.717, 1.165) is 17.0 Å². The van der Waals surface area contributed by atoms with E-state index in [0.29, 0.717) is 11.8 Å². The molecule has 2 amide bonds. The number of nitro groups is 1. The summed E-state index contributed by atoms with van der Waals surface area (Å²) in [6, 6.07) is 3.32. The molecule has 0 N–H and O–H groups in total. The highest BCUT2D eigenvalue weighted by Gasteiger charge is 2.36. The van der Waals surface area contributed by atoms with Gasteiger partial charge in [-0.1, -0.05) is 12.1 Å². The first-order valence-electron chi connectivity index (χ1n) is 6.70. The molecule has 0 spiro atoms. The summed E-state index contributed by atoms with van der Waals surface area (Å²) < 4.78 is 4.69. The van der Waals surface area contributed by atoms with Crippen LogP contribution in [0.2, 0.25) is 0 Å². The molecule has 9 nitrogen and oxygen atoms in total. The van der Waals surface area contributed by atoms with Gasteiger partial charge in [0.1, 0.15) is 6.54 Å². The molecule has 1 aromatic carbocycles. The fourth-order valence-corrected chi connectivity index (χ4v) is 2.73. The lowest BCUT2D eigenvalue weighted by molar-refractivity contribution is -0.398. The molecule has 1 aliphatic heterocycles. The maximum absolute atomic E-state index is 12.2. The van der Waals surface area contributed by atoms with Gasteiger partial charge >= 0.3 is 5.97 Å². The number of nitrogens with zero attached hydrogens (tertiary/aromatic N) is 2. The van der Waals surface area contributed by atoms with Crippen LogP contribution in [0.4, 0.5) is 10.5 Å². The lowest BCUT2D eigenvalue weighted by atomic mass is 10.1. The van der Waals surface area contributed by atoms with Crippen LogP contribution < -0.4 is 5.11 Å². The van der Waals surface area contributed by atoms with E-state index >= 15 is 0 Å². The highest BCUT2D eigenvalue weighted by molar-refractivity contribution is 8.18. The van der Waals surface area contributed by atoms with Crippen molar-refractivity contribution in [2.75, 3.05) is 13.2 Å². The van der Waals surface area contributed by atoms with E-state index in [1.807, 2.05) is 0 Å². The lowest BCUT2D eigenvalue weighted by Crippen LogP contribution is -2.34. The van der Waals surface area contributed by atoms with Crippen molar-refractivity contribution in [3.05, 3.63) is 38.8 Å². The van der Waals surface area contributed by atoms with Crippen LogP contribution in [0.1, 0.15) is 12.5 Å². The number of thioether (sulfide) groups is 1. The number of carbonyl (C=O) groups excluding carboxylic acids is 3. The first-order chi connectivity index (χ1) is 11.3. The molecule has 24 heavy (non-hydrogen) atoms. The summed E-state index contributed by atoms with van der Waals surface area (Å²) in [5.41, 5.74) is -0.405. The number of imide groups is 1. The van der Waals surface area contributed by atoms with Crippen molar-refractivity contribution in [2.24, 2.45) is 0 Å². The molecule has 0 aliphatic carbocycles. The number of amides is 2. The van der Waals surface area contributed by atoms with E-state index in [1.165, 1.54) is 12.1 Å². The minimum Gasteiger partial charge on any atom is -0.868 e. The third-order valence-corrected chi connectivity index (χ3v) is 3.85. The van der Waals surface area contributed by atoms with Gasteiger partial charge in [-0.2, -0.15) is 0 Å². The Morgan fingerprint density at radius 3 is 2.75 bits per heavy atom. The number of carbonyl (C=O) groups is 3. The zero-order chi connectivity index (χ0) is 17.9. The Bertz CT molecular complexity index is 759. The van der Waals surface area contributed by atoms with Gasteiger partial charge in [0.15, 0.2) is 0 Å². The zero-order valence-electron chi connectivity index (χ0n) is 12.4. The van der Waals surface area contributed by atoms with Crippen LogP contribution in [0, 0.1) is 10.1 Å². The molecule has 0 saturated carbocycles. The topological polar surface area (TPSA) is 130 Å². The highest BCUT2D eigenvalue weighted by Crippen LogP contribution is 2.33. The summed E-state index contributed by atoms with van der Waals surface area (Å²) in [6.45, 7) is 1.21. The van der Waals surface area contributed by atoms with Crippen LogP contribution >= 0.6 is 11.8 Å². The van der Waals surface area contributed by atoms with Crippen molar-refractivity contribution < 1.29 is 29.2 Å². The molecule has 0 atom stereocenters. The fraction of sp³-hybridized carbons (Fsp3) is 0.214. The number of ether oxygens (including phenoxy) is 1. The van der Waals surface area contributed by atoms with Crippen molar-refractivity contribution >= 4 is 40.6 Å². The molecule has 1 aromatic rings. The largest absolute Gasteiger partial charge is 0.868 e. The summed E-state index contributed by atoms with van der Waals surface area (Å²) in [4.78, 5) is 46.0. The first kappa shape index (κ1) is 17.5. The Balaban J connectivity index is 2.24. The lowest BCUT2D eigenvalue weighted by Gasteiger charge is -2.10. The number of benzene rings is 1. The second-order valence-corrected chi connectivity index (χ2v) is 5.55. The van der Waals surface area contributed by atoms with Gasteiger partial charge in [-0.05, 0) is 36.1 Å². The van der Waals surface area contributed by atoms with Crippen LogP contribution in [0.5, 0.6) is 5.75 Å². The molecule has 2 rings (SSSR count). The van der Waals surface area contributed by atoms with Gasteiger partial charge in [0.05, 0.1) is 16.4 Å². The number of rotatable bonds is 5. The second kappa shape index (κ2) is 7.13. The Morgan fingerprint density at radius 2 is 2.12 bits per heavy atom. The third kappa shape index (κ3) is 3.71. The minimum absolute atomic E-state index is 0.00255. The Labute approximate surface area is 140 Å². The van der Waals surface area contributed by atoms with Gasteiger partial charge in [0.2, 0.25) is 0 Å². The maximum Gasteiger partial charge on any atom is 0.326 e. The molecule has 126 valence electrons. The van der Waals surface area contributed by atoms with Gasteiger partial charge in [-0.15, -0.1) is 0 Å². The van der Waals surface area contributed by atoms with E-state index in [-0.39, 0.29) is 17.1 Å². The van der Waals surface area contributed by atoms with E-state index in [2.05, 4.69) is 4.74 Å². The predicted octanol–water partition coefficient (Wildman–Crippen LogP) is 1.27. The molecule has 0 unspecified atom stereocenters. The van der Waals surface area contributed by atoms with Crippen LogP contribution in [0.15, 0.2) is 23.1 Å². The Morgan fingerprint density at radius 1 is 1.42 bits per heavy atom. The number of esters is 1. The third-order valence-electron chi connectivity index (χ3n) is 2.94. The van der Waals surface area contributed by atoms with Crippen molar-refractivity contribution in [3.63, 3.8) is 0 Å². The normalized spacial score (nSPS) is 15.9. The van der Waals surface area contributed by atoms with Crippen LogP contribution in [-0.4, -0.2) is 40.1 Å². The van der Waals surface area contributed by atoms with E-state index in [1.54, 1.807) is 6.92 Å². The molecule has 1 saturated heterocycles. The first-order valence-corrected chi connectivity index (χ1v) is 7.51. The second-order valence-electron chi connectivity index (χ2n) is 4.56. The predicted molar refractivity (Wildman–Crippen MR) is 81.9 cm³/mol. The minimum atomic E-state index is -0.827. The Hall–Kier alpha value is -2.88. The summed E-state index contributed by atoms with van der Waals surface area (Å²) in [6.07, 6.45) is 1.25. The van der Waals surface area contributed by atoms with Crippen molar-refractivity contribution in [2.45, 2.75) is 6.92 Å². The number of hydrogen-bond donors (Lipinski definition) is 0. The highest BCUT2D eigenvalue weighted by atomic mass is 32.2. The smallest absolute Gasteiger partial charge is 0.326 e. The standard InChI is InChI=1S/C14H12N2O7S/c1-2-23-12(18)7-15-13(19)11(24-14(15)20)6-8-3-4-10(17)9(5-8)16(21)22/h3-6,17H,2,7H2,1H3/p-1/b11-6-. The molecule has 0 radical (unpaired) electrons. The van der Waals surface area contributed by atoms with Crippen molar-refractivity contribution in [1.29, 1.82) is 0 Å². The molecule has 1 fully saturated rings. The monoisotopic (exact) mass is 351 g/mol. The Kier molecular flexibility index (Phi) is 5.19. The van der Waals surface area contributed by atoms with Crippen LogP contribution in [0.25, 0.3) is 6.08 Å². The summed E-state index contributed by atoms with van der Waals surface area (Å²) in [5.74, 6) is -2.17. The molecule has 0 aromatic heterocycles. The van der Waals surface area contributed by atoms with E-state index in [9.17, 15) is 29.6 Å².